The Bertz CT molecular complexity index is 652. The van der Waals surface area contributed by atoms with Gasteiger partial charge < -0.3 is 9.47 Å². The van der Waals surface area contributed by atoms with Crippen molar-refractivity contribution in [2.24, 2.45) is 0 Å². The van der Waals surface area contributed by atoms with Gasteiger partial charge in [-0.05, 0) is 81.7 Å². The number of hydrogen-bond donors (Lipinski definition) is 0. The smallest absolute Gasteiger partial charge is 0.130 e. The third kappa shape index (κ3) is 4.18. The molecule has 0 aliphatic heterocycles. The number of rotatable bonds is 5. The minimum Gasteiger partial charge on any atom is -0.457 e. The molecular weight excluding hydrogens is 296 g/mol. The van der Waals surface area contributed by atoms with Crippen LogP contribution in [0.4, 0.5) is 0 Å². The molecule has 1 aliphatic carbocycles. The fourth-order valence-electron chi connectivity index (χ4n) is 3.65. The first kappa shape index (κ1) is 17.0. The van der Waals surface area contributed by atoms with E-state index in [1.54, 1.807) is 0 Å². The molecule has 3 rings (SSSR count). The molecular formula is C22H28O2. The van der Waals surface area contributed by atoms with E-state index in [1.165, 1.54) is 42.4 Å². The van der Waals surface area contributed by atoms with E-state index in [1.807, 2.05) is 6.07 Å². The van der Waals surface area contributed by atoms with Gasteiger partial charge in [0.05, 0.1) is 6.10 Å². The normalized spacial score (nSPS) is 20.8. The summed E-state index contributed by atoms with van der Waals surface area (Å²) in [5, 5.41) is 0. The molecule has 0 amide bonds. The zero-order chi connectivity index (χ0) is 16.9. The first-order chi connectivity index (χ1) is 11.7. The predicted molar refractivity (Wildman–Crippen MR) is 99.1 cm³/mol. The van der Waals surface area contributed by atoms with E-state index in [2.05, 4.69) is 57.2 Å². The quantitative estimate of drug-likeness (QED) is 0.656. The van der Waals surface area contributed by atoms with Crippen molar-refractivity contribution >= 4 is 0 Å². The van der Waals surface area contributed by atoms with E-state index < -0.39 is 0 Å². The van der Waals surface area contributed by atoms with Crippen molar-refractivity contribution in [3.05, 3.63) is 59.2 Å². The first-order valence-electron chi connectivity index (χ1n) is 9.12. The average molecular weight is 324 g/mol. The lowest BCUT2D eigenvalue weighted by Crippen LogP contribution is -2.20. The molecule has 1 saturated carbocycles. The Balaban J connectivity index is 1.61. The molecule has 0 heterocycles. The molecule has 0 N–H and O–H groups in total. The van der Waals surface area contributed by atoms with Crippen LogP contribution in [0.1, 0.15) is 55.2 Å². The highest BCUT2D eigenvalue weighted by atomic mass is 16.5. The minimum atomic E-state index is 0.471. The Morgan fingerprint density at radius 1 is 0.917 bits per heavy atom. The molecule has 2 aromatic rings. The van der Waals surface area contributed by atoms with Gasteiger partial charge in [-0.25, -0.2) is 0 Å². The van der Waals surface area contributed by atoms with Crippen LogP contribution in [0, 0.1) is 13.8 Å². The van der Waals surface area contributed by atoms with Crippen LogP contribution in [0.5, 0.6) is 11.5 Å². The van der Waals surface area contributed by atoms with Crippen LogP contribution in [0.3, 0.4) is 0 Å². The molecule has 0 unspecified atom stereocenters. The largest absolute Gasteiger partial charge is 0.457 e. The van der Waals surface area contributed by atoms with Gasteiger partial charge in [-0.1, -0.05) is 29.8 Å². The molecule has 2 nitrogen and oxygen atoms in total. The van der Waals surface area contributed by atoms with Crippen molar-refractivity contribution < 1.29 is 9.47 Å². The van der Waals surface area contributed by atoms with E-state index in [9.17, 15) is 0 Å². The van der Waals surface area contributed by atoms with Crippen molar-refractivity contribution in [2.45, 2.75) is 58.5 Å². The van der Waals surface area contributed by atoms with E-state index in [0.717, 1.165) is 18.1 Å². The third-order valence-corrected chi connectivity index (χ3v) is 4.99. The summed E-state index contributed by atoms with van der Waals surface area (Å²) in [6, 6.07) is 14.9. The molecule has 1 fully saturated rings. The molecule has 0 aromatic heterocycles. The van der Waals surface area contributed by atoms with Crippen molar-refractivity contribution in [2.75, 3.05) is 6.61 Å². The molecule has 24 heavy (non-hydrogen) atoms. The van der Waals surface area contributed by atoms with Gasteiger partial charge in [-0.15, -0.1) is 0 Å². The van der Waals surface area contributed by atoms with Gasteiger partial charge in [0.15, 0.2) is 0 Å². The topological polar surface area (TPSA) is 18.5 Å². The maximum absolute atomic E-state index is 6.04. The molecule has 0 spiro atoms. The Hall–Kier alpha value is -1.80. The second kappa shape index (κ2) is 7.85. The van der Waals surface area contributed by atoms with E-state index in [-0.39, 0.29) is 0 Å². The van der Waals surface area contributed by atoms with Crippen LogP contribution in [0.25, 0.3) is 0 Å². The molecule has 128 valence electrons. The number of ether oxygens (including phenoxy) is 2. The van der Waals surface area contributed by atoms with Crippen LogP contribution in [0.2, 0.25) is 0 Å². The summed E-state index contributed by atoms with van der Waals surface area (Å²) in [5.41, 5.74) is 3.86. The molecule has 2 aromatic carbocycles. The third-order valence-electron chi connectivity index (χ3n) is 4.99. The minimum absolute atomic E-state index is 0.471. The molecule has 0 radical (unpaired) electrons. The summed E-state index contributed by atoms with van der Waals surface area (Å²) >= 11 is 0. The van der Waals surface area contributed by atoms with Gasteiger partial charge in [0.1, 0.15) is 11.5 Å². The Morgan fingerprint density at radius 3 is 2.25 bits per heavy atom. The Kier molecular flexibility index (Phi) is 5.57. The highest BCUT2D eigenvalue weighted by Gasteiger charge is 2.22. The van der Waals surface area contributed by atoms with Gasteiger partial charge in [-0.2, -0.15) is 0 Å². The van der Waals surface area contributed by atoms with Gasteiger partial charge in [-0.3, -0.25) is 0 Å². The summed E-state index contributed by atoms with van der Waals surface area (Å²) < 4.78 is 11.8. The highest BCUT2D eigenvalue weighted by Crippen LogP contribution is 2.35. The maximum atomic E-state index is 6.04. The standard InChI is InChI=1S/C22H28O2/c1-4-23-20-10-6-18(7-11-20)19-8-12-21(13-9-19)24-22-14-5-16(2)15-17(22)3/h5,8-9,12-15,18,20H,4,6-7,10-11H2,1-3H3. The Morgan fingerprint density at radius 2 is 1.62 bits per heavy atom. The second-order valence-corrected chi connectivity index (χ2v) is 6.87. The monoisotopic (exact) mass is 324 g/mol. The number of hydrogen-bond acceptors (Lipinski definition) is 2. The fraction of sp³-hybridized carbons (Fsp3) is 0.455. The van der Waals surface area contributed by atoms with Crippen LogP contribution in [-0.4, -0.2) is 12.7 Å². The van der Waals surface area contributed by atoms with Crippen LogP contribution in [-0.2, 0) is 4.74 Å². The van der Waals surface area contributed by atoms with Crippen molar-refractivity contribution in [3.63, 3.8) is 0 Å². The van der Waals surface area contributed by atoms with E-state index in [0.29, 0.717) is 12.0 Å². The van der Waals surface area contributed by atoms with Crippen LogP contribution < -0.4 is 4.74 Å². The summed E-state index contributed by atoms with van der Waals surface area (Å²) in [6.07, 6.45) is 5.28. The lowest BCUT2D eigenvalue weighted by molar-refractivity contribution is 0.0328. The van der Waals surface area contributed by atoms with Gasteiger partial charge >= 0.3 is 0 Å². The van der Waals surface area contributed by atoms with Gasteiger partial charge in [0.2, 0.25) is 0 Å². The zero-order valence-corrected chi connectivity index (χ0v) is 15.0. The van der Waals surface area contributed by atoms with Crippen LogP contribution in [0.15, 0.2) is 42.5 Å². The summed E-state index contributed by atoms with van der Waals surface area (Å²) in [6.45, 7) is 7.11. The second-order valence-electron chi connectivity index (χ2n) is 6.87. The summed E-state index contributed by atoms with van der Waals surface area (Å²) in [5.74, 6) is 2.51. The molecule has 0 atom stereocenters. The van der Waals surface area contributed by atoms with Crippen molar-refractivity contribution in [1.82, 2.24) is 0 Å². The van der Waals surface area contributed by atoms with Gasteiger partial charge in [0.25, 0.3) is 0 Å². The van der Waals surface area contributed by atoms with Crippen LogP contribution >= 0.6 is 0 Å². The van der Waals surface area contributed by atoms with E-state index in [4.69, 9.17) is 9.47 Å². The molecule has 0 saturated heterocycles. The van der Waals surface area contributed by atoms with Gasteiger partial charge in [0, 0.05) is 6.61 Å². The van der Waals surface area contributed by atoms with Crippen molar-refractivity contribution in [3.8, 4) is 11.5 Å². The zero-order valence-electron chi connectivity index (χ0n) is 15.0. The Labute approximate surface area is 145 Å². The van der Waals surface area contributed by atoms with E-state index >= 15 is 0 Å². The fourth-order valence-corrected chi connectivity index (χ4v) is 3.65. The molecule has 0 bridgehead atoms. The number of aryl methyl sites for hydroxylation is 2. The van der Waals surface area contributed by atoms with Crippen molar-refractivity contribution in [1.29, 1.82) is 0 Å². The molecule has 1 aliphatic rings. The predicted octanol–water partition coefficient (Wildman–Crippen LogP) is 6.16. The summed E-state index contributed by atoms with van der Waals surface area (Å²) in [7, 11) is 0. The lowest BCUT2D eigenvalue weighted by Gasteiger charge is -2.28. The maximum Gasteiger partial charge on any atom is 0.130 e. The first-order valence-corrected chi connectivity index (χ1v) is 9.12. The lowest BCUT2D eigenvalue weighted by atomic mass is 9.83. The SMILES string of the molecule is CCOC1CCC(c2ccc(Oc3ccc(C)cc3C)cc2)CC1. The summed E-state index contributed by atoms with van der Waals surface area (Å²) in [4.78, 5) is 0. The average Bonchev–Trinajstić information content (AvgIpc) is 2.59. The highest BCUT2D eigenvalue weighted by molar-refractivity contribution is 5.40. The number of benzene rings is 2. The molecule has 2 heteroatoms.